The summed E-state index contributed by atoms with van der Waals surface area (Å²) < 4.78 is 0. The van der Waals surface area contributed by atoms with Crippen LogP contribution in [-0.2, 0) is 17.9 Å². The van der Waals surface area contributed by atoms with Crippen molar-refractivity contribution in [3.8, 4) is 0 Å². The van der Waals surface area contributed by atoms with E-state index in [0.717, 1.165) is 24.9 Å². The summed E-state index contributed by atoms with van der Waals surface area (Å²) in [6.07, 6.45) is 3.03. The summed E-state index contributed by atoms with van der Waals surface area (Å²) in [5.74, 6) is -0.227. The lowest BCUT2D eigenvalue weighted by molar-refractivity contribution is -0.139. The first-order valence-electron chi connectivity index (χ1n) is 7.23. The van der Waals surface area contributed by atoms with Gasteiger partial charge >= 0.3 is 0 Å². The van der Waals surface area contributed by atoms with Crippen molar-refractivity contribution in [3.05, 3.63) is 35.4 Å². The third kappa shape index (κ3) is 3.58. The maximum atomic E-state index is 12.1. The van der Waals surface area contributed by atoms with Gasteiger partial charge in [-0.2, -0.15) is 0 Å². The molecular weight excluding hydrogens is 252 g/mol. The molecule has 0 unspecified atom stereocenters. The number of hydrogen-bond acceptors (Lipinski definition) is 3. The quantitative estimate of drug-likeness (QED) is 0.860. The lowest BCUT2D eigenvalue weighted by Crippen LogP contribution is -2.44. The lowest BCUT2D eigenvalue weighted by Gasteiger charge is -2.21. The molecule has 2 N–H and O–H groups in total. The Balaban J connectivity index is 1.98. The Kier molecular flexibility index (Phi) is 4.78. The average Bonchev–Trinajstić information content (AvgIpc) is 2.85. The molecule has 1 fully saturated rings. The smallest absolute Gasteiger partial charge is 0.252 e. The van der Waals surface area contributed by atoms with E-state index in [2.05, 4.69) is 16.3 Å². The number of hydrogen-bond donors (Lipinski definition) is 2. The monoisotopic (exact) mass is 276 g/mol. The normalized spacial score (nSPS) is 17.4. The van der Waals surface area contributed by atoms with Gasteiger partial charge < -0.3 is 15.3 Å². The summed E-state index contributed by atoms with van der Waals surface area (Å²) >= 11 is 0. The van der Waals surface area contributed by atoms with Crippen LogP contribution in [0, 0.1) is 0 Å². The number of nitrogens with zero attached hydrogens (tertiary/aromatic N) is 1. The fourth-order valence-electron chi connectivity index (χ4n) is 2.75. The van der Waals surface area contributed by atoms with Crippen molar-refractivity contribution in [1.82, 2.24) is 10.2 Å². The maximum absolute atomic E-state index is 12.1. The molecule has 0 heterocycles. The molecule has 0 radical (unpaired) electrons. The molecule has 20 heavy (non-hydrogen) atoms. The van der Waals surface area contributed by atoms with Crippen LogP contribution in [0.5, 0.6) is 0 Å². The number of benzene rings is 1. The van der Waals surface area contributed by atoms with Gasteiger partial charge in [-0.1, -0.05) is 24.3 Å². The van der Waals surface area contributed by atoms with Crippen LogP contribution in [0.3, 0.4) is 0 Å². The first-order chi connectivity index (χ1) is 9.51. The number of rotatable bonds is 5. The molecule has 4 heteroatoms. The molecule has 0 saturated heterocycles. The first-order valence-corrected chi connectivity index (χ1v) is 7.23. The van der Waals surface area contributed by atoms with Gasteiger partial charge in [-0.15, -0.1) is 0 Å². The Morgan fingerprint density at radius 3 is 2.45 bits per heavy atom. The van der Waals surface area contributed by atoms with E-state index < -0.39 is 5.60 Å². The van der Waals surface area contributed by atoms with Crippen LogP contribution < -0.4 is 5.32 Å². The van der Waals surface area contributed by atoms with Gasteiger partial charge in [0.2, 0.25) is 0 Å². The Bertz CT molecular complexity index is 465. The number of amides is 1. The fourth-order valence-corrected chi connectivity index (χ4v) is 2.75. The topological polar surface area (TPSA) is 52.6 Å². The molecule has 110 valence electrons. The SMILES string of the molecule is CN(C)Cc1ccccc1CNC(=O)C1(O)CCCC1. The van der Waals surface area contributed by atoms with E-state index >= 15 is 0 Å². The zero-order valence-corrected chi connectivity index (χ0v) is 12.4. The second kappa shape index (κ2) is 6.37. The molecule has 1 aromatic carbocycles. The Morgan fingerprint density at radius 1 is 1.25 bits per heavy atom. The van der Waals surface area contributed by atoms with Crippen molar-refractivity contribution in [3.63, 3.8) is 0 Å². The van der Waals surface area contributed by atoms with E-state index in [1.807, 2.05) is 32.3 Å². The standard InChI is InChI=1S/C16H24N2O2/c1-18(2)12-14-8-4-3-7-13(14)11-17-15(19)16(20)9-5-6-10-16/h3-4,7-8,20H,5-6,9-12H2,1-2H3,(H,17,19). The lowest BCUT2D eigenvalue weighted by atomic mass is 10.0. The van der Waals surface area contributed by atoms with Gasteiger partial charge in [0.15, 0.2) is 0 Å². The first kappa shape index (κ1) is 15.0. The van der Waals surface area contributed by atoms with Crippen molar-refractivity contribution in [2.45, 2.75) is 44.4 Å². The fraction of sp³-hybridized carbons (Fsp3) is 0.562. The second-order valence-corrected chi connectivity index (χ2v) is 5.93. The number of nitrogens with one attached hydrogen (secondary N) is 1. The third-order valence-corrected chi connectivity index (χ3v) is 3.90. The minimum atomic E-state index is -1.14. The third-order valence-electron chi connectivity index (χ3n) is 3.90. The number of carbonyl (C=O) groups excluding carboxylic acids is 1. The Labute approximate surface area is 120 Å². The van der Waals surface area contributed by atoms with Crippen LogP contribution in [0.15, 0.2) is 24.3 Å². The van der Waals surface area contributed by atoms with Gasteiger partial charge in [0.05, 0.1) is 0 Å². The number of carbonyl (C=O) groups is 1. The van der Waals surface area contributed by atoms with Gasteiger partial charge in [0.25, 0.3) is 5.91 Å². The van der Waals surface area contributed by atoms with Crippen molar-refractivity contribution in [2.24, 2.45) is 0 Å². The Morgan fingerprint density at radius 2 is 1.85 bits per heavy atom. The summed E-state index contributed by atoms with van der Waals surface area (Å²) in [5, 5.41) is 13.1. The van der Waals surface area contributed by atoms with E-state index in [9.17, 15) is 9.90 Å². The van der Waals surface area contributed by atoms with Crippen LogP contribution in [0.1, 0.15) is 36.8 Å². The minimum absolute atomic E-state index is 0.227. The predicted molar refractivity (Wildman–Crippen MR) is 79.1 cm³/mol. The molecule has 0 spiro atoms. The predicted octanol–water partition coefficient (Wildman–Crippen LogP) is 1.67. The summed E-state index contributed by atoms with van der Waals surface area (Å²) in [6.45, 7) is 1.32. The molecule has 0 aliphatic heterocycles. The van der Waals surface area contributed by atoms with Crippen molar-refractivity contribution >= 4 is 5.91 Å². The molecule has 2 rings (SSSR count). The minimum Gasteiger partial charge on any atom is -0.380 e. The molecule has 0 atom stereocenters. The van der Waals surface area contributed by atoms with Crippen LogP contribution in [0.25, 0.3) is 0 Å². The Hall–Kier alpha value is -1.39. The van der Waals surface area contributed by atoms with Gasteiger partial charge in [-0.25, -0.2) is 0 Å². The molecular formula is C16H24N2O2. The zero-order valence-electron chi connectivity index (χ0n) is 12.4. The molecule has 4 nitrogen and oxygen atoms in total. The van der Waals surface area contributed by atoms with Gasteiger partial charge in [-0.3, -0.25) is 4.79 Å². The summed E-state index contributed by atoms with van der Waals surface area (Å²) in [5.41, 5.74) is 1.17. The zero-order chi connectivity index (χ0) is 14.6. The van der Waals surface area contributed by atoms with E-state index in [-0.39, 0.29) is 5.91 Å². The van der Waals surface area contributed by atoms with Crippen molar-refractivity contribution in [2.75, 3.05) is 14.1 Å². The average molecular weight is 276 g/mol. The van der Waals surface area contributed by atoms with Crippen LogP contribution >= 0.6 is 0 Å². The highest BCUT2D eigenvalue weighted by Crippen LogP contribution is 2.29. The van der Waals surface area contributed by atoms with Gasteiger partial charge in [-0.05, 0) is 50.9 Å². The van der Waals surface area contributed by atoms with Crippen LogP contribution in [0.2, 0.25) is 0 Å². The van der Waals surface area contributed by atoms with Gasteiger partial charge in [0.1, 0.15) is 5.60 Å². The molecule has 1 amide bonds. The van der Waals surface area contributed by atoms with Crippen LogP contribution in [0.4, 0.5) is 0 Å². The molecule has 0 aromatic heterocycles. The molecule has 1 saturated carbocycles. The van der Waals surface area contributed by atoms with E-state index in [0.29, 0.717) is 19.4 Å². The van der Waals surface area contributed by atoms with E-state index in [4.69, 9.17) is 0 Å². The second-order valence-electron chi connectivity index (χ2n) is 5.93. The van der Waals surface area contributed by atoms with Crippen molar-refractivity contribution in [1.29, 1.82) is 0 Å². The summed E-state index contributed by atoms with van der Waals surface area (Å²) in [6, 6.07) is 8.09. The van der Waals surface area contributed by atoms with Crippen molar-refractivity contribution < 1.29 is 9.90 Å². The molecule has 1 aliphatic rings. The summed E-state index contributed by atoms with van der Waals surface area (Å²) in [7, 11) is 4.05. The molecule has 0 bridgehead atoms. The van der Waals surface area contributed by atoms with Crippen LogP contribution in [-0.4, -0.2) is 35.6 Å². The highest BCUT2D eigenvalue weighted by atomic mass is 16.3. The van der Waals surface area contributed by atoms with E-state index in [1.54, 1.807) is 0 Å². The maximum Gasteiger partial charge on any atom is 0.252 e. The molecule has 1 aromatic rings. The number of aliphatic hydroxyl groups is 1. The highest BCUT2D eigenvalue weighted by Gasteiger charge is 2.38. The molecule has 1 aliphatic carbocycles. The summed E-state index contributed by atoms with van der Waals surface area (Å²) in [4.78, 5) is 14.2. The van der Waals surface area contributed by atoms with Gasteiger partial charge in [0, 0.05) is 13.1 Å². The highest BCUT2D eigenvalue weighted by molar-refractivity contribution is 5.85. The van der Waals surface area contributed by atoms with E-state index in [1.165, 1.54) is 5.56 Å². The largest absolute Gasteiger partial charge is 0.380 e.